The van der Waals surface area contributed by atoms with Crippen LogP contribution in [0.25, 0.3) is 5.88 Å². The third-order valence-corrected chi connectivity index (χ3v) is 5.75. The van der Waals surface area contributed by atoms with Crippen molar-refractivity contribution in [3.05, 3.63) is 41.4 Å². The number of ether oxygens (including phenoxy) is 1. The lowest BCUT2D eigenvalue weighted by Gasteiger charge is -2.36. The maximum Gasteiger partial charge on any atom is 0.258 e. The molecule has 0 spiro atoms. The Morgan fingerprint density at radius 2 is 1.86 bits per heavy atom. The molecule has 0 aromatic carbocycles. The monoisotopic (exact) mass is 382 g/mol. The smallest absolute Gasteiger partial charge is 0.258 e. The average molecular weight is 382 g/mol. The van der Waals surface area contributed by atoms with Crippen LogP contribution in [0.3, 0.4) is 0 Å². The van der Waals surface area contributed by atoms with E-state index in [4.69, 9.17) is 9.15 Å². The number of piperidine rings is 1. The molecule has 0 atom stereocenters. The van der Waals surface area contributed by atoms with Gasteiger partial charge in [-0.25, -0.2) is 0 Å². The van der Waals surface area contributed by atoms with Gasteiger partial charge < -0.3 is 14.1 Å². The zero-order chi connectivity index (χ0) is 19.5. The summed E-state index contributed by atoms with van der Waals surface area (Å²) in [7, 11) is 0. The molecule has 0 aliphatic carbocycles. The second kappa shape index (κ2) is 8.21. The third-order valence-electron chi connectivity index (χ3n) is 5.75. The summed E-state index contributed by atoms with van der Waals surface area (Å²) in [6.07, 6.45) is 5.60. The van der Waals surface area contributed by atoms with Gasteiger partial charge in [0.15, 0.2) is 0 Å². The second-order valence-corrected chi connectivity index (χ2v) is 7.56. The number of nitrogens with zero attached hydrogens (tertiary/aromatic N) is 4. The molecule has 148 valence electrons. The quantitative estimate of drug-likeness (QED) is 0.812. The molecule has 2 fully saturated rings. The van der Waals surface area contributed by atoms with E-state index in [1.165, 1.54) is 0 Å². The van der Waals surface area contributed by atoms with Crippen LogP contribution in [0.4, 0.5) is 0 Å². The van der Waals surface area contributed by atoms with Crippen molar-refractivity contribution < 1.29 is 13.9 Å². The molecule has 2 aromatic heterocycles. The normalized spacial score (nSPS) is 18.9. The number of rotatable bonds is 4. The number of amides is 1. The molecule has 1 amide bonds. The fourth-order valence-corrected chi connectivity index (χ4v) is 4.17. The molecule has 0 saturated carbocycles. The van der Waals surface area contributed by atoms with Gasteiger partial charge in [0.05, 0.1) is 13.2 Å². The van der Waals surface area contributed by atoms with Crippen LogP contribution < -0.4 is 0 Å². The van der Waals surface area contributed by atoms with Gasteiger partial charge in [0, 0.05) is 45.1 Å². The van der Waals surface area contributed by atoms with Crippen molar-refractivity contribution >= 4 is 5.91 Å². The van der Waals surface area contributed by atoms with Crippen LogP contribution >= 0.6 is 0 Å². The van der Waals surface area contributed by atoms with Gasteiger partial charge in [-0.15, -0.1) is 0 Å². The minimum absolute atomic E-state index is 0.0963. The molecule has 0 radical (unpaired) electrons. The van der Waals surface area contributed by atoms with Gasteiger partial charge in [-0.1, -0.05) is 0 Å². The predicted octanol–water partition coefficient (Wildman–Crippen LogP) is 2.43. The summed E-state index contributed by atoms with van der Waals surface area (Å²) in [5.74, 6) is 1.43. The molecule has 0 N–H and O–H groups in total. The maximum atomic E-state index is 13.2. The first-order valence-electron chi connectivity index (χ1n) is 9.93. The Labute approximate surface area is 165 Å². The van der Waals surface area contributed by atoms with E-state index in [0.29, 0.717) is 28.7 Å². The third kappa shape index (κ3) is 3.71. The zero-order valence-electron chi connectivity index (χ0n) is 16.3. The van der Waals surface area contributed by atoms with Crippen LogP contribution in [-0.2, 0) is 4.74 Å². The summed E-state index contributed by atoms with van der Waals surface area (Å²) in [6.45, 7) is 7.92. The summed E-state index contributed by atoms with van der Waals surface area (Å²) in [5.41, 5.74) is 0.715. The van der Waals surface area contributed by atoms with Crippen LogP contribution in [0.2, 0.25) is 0 Å². The molecule has 0 bridgehead atoms. The standard InChI is InChI=1S/C21H26N4O3/c1-16-19(18(14-22)21(28-16)25-6-2-3-7-25)20(26)24-8-4-17(5-9-24)15-23-10-12-27-13-11-23/h2-3,6-7,17H,4-5,8-13,15H2,1H3. The van der Waals surface area contributed by atoms with Crippen LogP contribution in [-0.4, -0.2) is 66.2 Å². The molecule has 7 heteroatoms. The number of hydrogen-bond donors (Lipinski definition) is 0. The van der Waals surface area contributed by atoms with Crippen molar-refractivity contribution in [1.29, 1.82) is 5.26 Å². The fourth-order valence-electron chi connectivity index (χ4n) is 4.17. The van der Waals surface area contributed by atoms with E-state index in [1.54, 1.807) is 11.5 Å². The lowest BCUT2D eigenvalue weighted by atomic mass is 9.95. The lowest BCUT2D eigenvalue weighted by molar-refractivity contribution is 0.0242. The van der Waals surface area contributed by atoms with Gasteiger partial charge in [0.25, 0.3) is 5.91 Å². The molecule has 0 unspecified atom stereocenters. The van der Waals surface area contributed by atoms with Gasteiger partial charge in [0.2, 0.25) is 5.88 Å². The molecule has 28 heavy (non-hydrogen) atoms. The Balaban J connectivity index is 1.44. The highest BCUT2D eigenvalue weighted by molar-refractivity contribution is 5.98. The number of aromatic nitrogens is 1. The highest BCUT2D eigenvalue weighted by Gasteiger charge is 2.31. The highest BCUT2D eigenvalue weighted by atomic mass is 16.5. The van der Waals surface area contributed by atoms with Gasteiger partial charge in [0.1, 0.15) is 23.0 Å². The summed E-state index contributed by atoms with van der Waals surface area (Å²) in [6, 6.07) is 5.90. The number of carbonyl (C=O) groups excluding carboxylic acids is 1. The van der Waals surface area contributed by atoms with Crippen LogP contribution in [0.1, 0.15) is 34.5 Å². The number of nitriles is 1. The number of morpholine rings is 1. The molecule has 2 aliphatic heterocycles. The molecule has 2 saturated heterocycles. The van der Waals surface area contributed by atoms with Crippen molar-refractivity contribution in [2.24, 2.45) is 5.92 Å². The second-order valence-electron chi connectivity index (χ2n) is 7.56. The summed E-state index contributed by atoms with van der Waals surface area (Å²) in [5, 5.41) is 9.67. The van der Waals surface area contributed by atoms with Gasteiger partial charge >= 0.3 is 0 Å². The predicted molar refractivity (Wildman–Crippen MR) is 103 cm³/mol. The Hall–Kier alpha value is -2.56. The van der Waals surface area contributed by atoms with Gasteiger partial charge in [-0.3, -0.25) is 14.3 Å². The first kappa shape index (κ1) is 18.8. The maximum absolute atomic E-state index is 13.2. The summed E-state index contributed by atoms with van der Waals surface area (Å²) >= 11 is 0. The molecule has 2 aromatic rings. The lowest BCUT2D eigenvalue weighted by Crippen LogP contribution is -2.44. The summed E-state index contributed by atoms with van der Waals surface area (Å²) in [4.78, 5) is 17.5. The topological polar surface area (TPSA) is 74.6 Å². The average Bonchev–Trinajstić information content (AvgIpc) is 3.36. The van der Waals surface area contributed by atoms with Crippen LogP contribution in [0.15, 0.2) is 28.9 Å². The van der Waals surface area contributed by atoms with Crippen molar-refractivity contribution in [2.75, 3.05) is 45.9 Å². The molecule has 4 rings (SSSR count). The molecule has 4 heterocycles. The highest BCUT2D eigenvalue weighted by Crippen LogP contribution is 2.28. The van der Waals surface area contributed by atoms with Crippen molar-refractivity contribution in [2.45, 2.75) is 19.8 Å². The Morgan fingerprint density at radius 1 is 1.18 bits per heavy atom. The van der Waals surface area contributed by atoms with E-state index in [1.807, 2.05) is 29.4 Å². The first-order chi connectivity index (χ1) is 13.7. The van der Waals surface area contributed by atoms with Crippen molar-refractivity contribution in [3.63, 3.8) is 0 Å². The van der Waals surface area contributed by atoms with Crippen LogP contribution in [0.5, 0.6) is 0 Å². The fraction of sp³-hybridized carbons (Fsp3) is 0.524. The first-order valence-corrected chi connectivity index (χ1v) is 9.93. The molecule has 2 aliphatic rings. The van der Waals surface area contributed by atoms with Crippen LogP contribution in [0, 0.1) is 24.2 Å². The summed E-state index contributed by atoms with van der Waals surface area (Å²) < 4.78 is 12.9. The number of hydrogen-bond acceptors (Lipinski definition) is 5. The van der Waals surface area contributed by atoms with E-state index in [0.717, 1.165) is 58.8 Å². The molecule has 7 nitrogen and oxygen atoms in total. The van der Waals surface area contributed by atoms with Crippen molar-refractivity contribution in [3.8, 4) is 12.0 Å². The Bertz CT molecular complexity index is 851. The van der Waals surface area contributed by atoms with Gasteiger partial charge in [-0.2, -0.15) is 5.26 Å². The van der Waals surface area contributed by atoms with E-state index < -0.39 is 0 Å². The number of carbonyl (C=O) groups is 1. The van der Waals surface area contributed by atoms with E-state index in [-0.39, 0.29) is 5.91 Å². The number of furan rings is 1. The minimum atomic E-state index is -0.0963. The minimum Gasteiger partial charge on any atom is -0.443 e. The SMILES string of the molecule is Cc1oc(-n2cccc2)c(C#N)c1C(=O)N1CCC(CN2CCOCC2)CC1. The van der Waals surface area contributed by atoms with Crippen molar-refractivity contribution in [1.82, 2.24) is 14.4 Å². The Kier molecular flexibility index (Phi) is 5.51. The Morgan fingerprint density at radius 3 is 2.50 bits per heavy atom. The number of aryl methyl sites for hydroxylation is 1. The van der Waals surface area contributed by atoms with E-state index >= 15 is 0 Å². The van der Waals surface area contributed by atoms with E-state index in [9.17, 15) is 10.1 Å². The number of likely N-dealkylation sites (tertiary alicyclic amines) is 1. The molecular weight excluding hydrogens is 356 g/mol. The van der Waals surface area contributed by atoms with Gasteiger partial charge in [-0.05, 0) is 37.8 Å². The largest absolute Gasteiger partial charge is 0.443 e. The molecular formula is C21H26N4O3. The zero-order valence-corrected chi connectivity index (χ0v) is 16.3. The van der Waals surface area contributed by atoms with E-state index in [2.05, 4.69) is 11.0 Å².